The van der Waals surface area contributed by atoms with Crippen LogP contribution in [0, 0.1) is 10.1 Å². The highest BCUT2D eigenvalue weighted by Gasteiger charge is 2.31. The minimum Gasteiger partial charge on any atom is -0.489 e. The Morgan fingerprint density at radius 1 is 1.22 bits per heavy atom. The van der Waals surface area contributed by atoms with Gasteiger partial charge < -0.3 is 14.2 Å². The van der Waals surface area contributed by atoms with Gasteiger partial charge in [0, 0.05) is 12.5 Å². The van der Waals surface area contributed by atoms with Crippen LogP contribution in [0.3, 0.4) is 0 Å². The number of esters is 2. The van der Waals surface area contributed by atoms with Crippen LogP contribution in [-0.2, 0) is 23.8 Å². The summed E-state index contributed by atoms with van der Waals surface area (Å²) < 4.78 is 15.6. The first-order valence-electron chi connectivity index (χ1n) is 8.60. The van der Waals surface area contributed by atoms with Crippen molar-refractivity contribution >= 4 is 23.7 Å². The molecular weight excluding hydrogens is 354 g/mol. The lowest BCUT2D eigenvalue weighted by atomic mass is 10.1. The van der Waals surface area contributed by atoms with Gasteiger partial charge in [-0.1, -0.05) is 12.1 Å². The predicted octanol–water partition coefficient (Wildman–Crippen LogP) is 3.17. The lowest BCUT2D eigenvalue weighted by Gasteiger charge is -2.10. The van der Waals surface area contributed by atoms with Gasteiger partial charge in [0.1, 0.15) is 11.9 Å². The standard InChI is InChI=1S/C19H21NO7/c1-3-25-18(21)12-14-11-15(19(22)26-4-2)17(27-14)10-9-13-7-5-6-8-16(13)20(23)24/h5-10,14H,3-4,11-12H2,1-2H3/b10-9+. The number of allylic oxidation sites excluding steroid dienone is 1. The Morgan fingerprint density at radius 2 is 1.93 bits per heavy atom. The minimum atomic E-state index is -0.547. The first-order valence-corrected chi connectivity index (χ1v) is 8.60. The molecule has 1 unspecified atom stereocenters. The van der Waals surface area contributed by atoms with Crippen LogP contribution < -0.4 is 0 Å². The molecule has 2 rings (SSSR count). The van der Waals surface area contributed by atoms with E-state index in [0.29, 0.717) is 11.1 Å². The molecule has 27 heavy (non-hydrogen) atoms. The summed E-state index contributed by atoms with van der Waals surface area (Å²) >= 11 is 0. The molecular formula is C19H21NO7. The van der Waals surface area contributed by atoms with Crippen molar-refractivity contribution in [3.8, 4) is 0 Å². The van der Waals surface area contributed by atoms with E-state index in [1.54, 1.807) is 32.0 Å². The van der Waals surface area contributed by atoms with Crippen molar-refractivity contribution in [2.45, 2.75) is 32.8 Å². The van der Waals surface area contributed by atoms with Gasteiger partial charge in [-0.25, -0.2) is 4.79 Å². The second kappa shape index (κ2) is 9.51. The summed E-state index contributed by atoms with van der Waals surface area (Å²) in [6.07, 6.45) is 2.64. The van der Waals surface area contributed by atoms with Crippen LogP contribution in [0.1, 0.15) is 32.3 Å². The highest BCUT2D eigenvalue weighted by Crippen LogP contribution is 2.30. The monoisotopic (exact) mass is 375 g/mol. The number of hydrogen-bond acceptors (Lipinski definition) is 7. The van der Waals surface area contributed by atoms with Crippen molar-refractivity contribution in [3.63, 3.8) is 0 Å². The molecule has 0 aromatic heterocycles. The van der Waals surface area contributed by atoms with E-state index in [1.165, 1.54) is 18.2 Å². The Kier molecular flexibility index (Phi) is 7.10. The van der Waals surface area contributed by atoms with E-state index in [4.69, 9.17) is 14.2 Å². The quantitative estimate of drug-likeness (QED) is 0.390. The number of benzene rings is 1. The molecule has 0 spiro atoms. The molecule has 0 bridgehead atoms. The van der Waals surface area contributed by atoms with Gasteiger partial charge in [0.15, 0.2) is 0 Å². The average molecular weight is 375 g/mol. The highest BCUT2D eigenvalue weighted by molar-refractivity contribution is 5.90. The maximum absolute atomic E-state index is 12.2. The van der Waals surface area contributed by atoms with E-state index in [-0.39, 0.29) is 37.5 Å². The van der Waals surface area contributed by atoms with Crippen molar-refractivity contribution in [2.24, 2.45) is 0 Å². The van der Waals surface area contributed by atoms with Crippen molar-refractivity contribution in [3.05, 3.63) is 57.4 Å². The zero-order chi connectivity index (χ0) is 19.8. The molecule has 0 radical (unpaired) electrons. The molecule has 1 aliphatic rings. The molecule has 0 saturated carbocycles. The van der Waals surface area contributed by atoms with E-state index >= 15 is 0 Å². The third kappa shape index (κ3) is 5.40. The van der Waals surface area contributed by atoms with Gasteiger partial charge in [0.05, 0.1) is 35.7 Å². The summed E-state index contributed by atoms with van der Waals surface area (Å²) in [7, 11) is 0. The zero-order valence-electron chi connectivity index (χ0n) is 15.2. The summed E-state index contributed by atoms with van der Waals surface area (Å²) in [5, 5.41) is 11.1. The van der Waals surface area contributed by atoms with Crippen molar-refractivity contribution in [1.29, 1.82) is 0 Å². The zero-order valence-corrected chi connectivity index (χ0v) is 15.2. The first-order chi connectivity index (χ1) is 13.0. The maximum atomic E-state index is 12.2. The van der Waals surface area contributed by atoms with Gasteiger partial charge in [-0.2, -0.15) is 0 Å². The van der Waals surface area contributed by atoms with E-state index in [0.717, 1.165) is 0 Å². The van der Waals surface area contributed by atoms with Gasteiger partial charge >= 0.3 is 11.9 Å². The third-order valence-electron chi connectivity index (χ3n) is 3.79. The number of nitro groups is 1. The highest BCUT2D eigenvalue weighted by atomic mass is 16.6. The molecule has 0 fully saturated rings. The van der Waals surface area contributed by atoms with Crippen LogP contribution in [-0.4, -0.2) is 36.2 Å². The number of nitrogens with zero attached hydrogens (tertiary/aromatic N) is 1. The second-order valence-corrected chi connectivity index (χ2v) is 5.67. The fourth-order valence-corrected chi connectivity index (χ4v) is 2.64. The van der Waals surface area contributed by atoms with Gasteiger partial charge in [-0.05, 0) is 32.1 Å². The average Bonchev–Trinajstić information content (AvgIpc) is 3.03. The van der Waals surface area contributed by atoms with Crippen molar-refractivity contribution < 1.29 is 28.7 Å². The number of nitro benzene ring substituents is 1. The number of hydrogen-bond donors (Lipinski definition) is 0. The normalized spacial score (nSPS) is 16.3. The molecule has 1 aromatic carbocycles. The van der Waals surface area contributed by atoms with Crippen LogP contribution in [0.4, 0.5) is 5.69 Å². The Bertz CT molecular complexity index is 782. The Morgan fingerprint density at radius 3 is 2.59 bits per heavy atom. The summed E-state index contributed by atoms with van der Waals surface area (Å²) in [4.78, 5) is 34.5. The van der Waals surface area contributed by atoms with Gasteiger partial charge in [0.25, 0.3) is 5.69 Å². The summed E-state index contributed by atoms with van der Waals surface area (Å²) in [6.45, 7) is 3.85. The smallest absolute Gasteiger partial charge is 0.337 e. The molecule has 1 aliphatic heterocycles. The Hall–Kier alpha value is -3.16. The Labute approximate surface area is 156 Å². The molecule has 1 atom stereocenters. The van der Waals surface area contributed by atoms with Crippen LogP contribution in [0.25, 0.3) is 6.08 Å². The molecule has 8 nitrogen and oxygen atoms in total. The number of para-hydroxylation sites is 1. The lowest BCUT2D eigenvalue weighted by molar-refractivity contribution is -0.385. The SMILES string of the molecule is CCOC(=O)CC1CC(C(=O)OCC)=C(/C=C/c2ccccc2[N+](=O)[O-])O1. The molecule has 0 saturated heterocycles. The number of rotatable bonds is 8. The van der Waals surface area contributed by atoms with Gasteiger partial charge in [-0.15, -0.1) is 0 Å². The van der Waals surface area contributed by atoms with E-state index in [9.17, 15) is 19.7 Å². The van der Waals surface area contributed by atoms with Crippen LogP contribution in [0.2, 0.25) is 0 Å². The van der Waals surface area contributed by atoms with Crippen LogP contribution in [0.15, 0.2) is 41.7 Å². The minimum absolute atomic E-state index is 0.000427. The second-order valence-electron chi connectivity index (χ2n) is 5.67. The molecule has 1 aromatic rings. The number of carbonyl (C=O) groups is 2. The Balaban J connectivity index is 2.23. The maximum Gasteiger partial charge on any atom is 0.337 e. The molecule has 0 N–H and O–H groups in total. The molecule has 144 valence electrons. The molecule has 1 heterocycles. The van der Waals surface area contributed by atoms with Gasteiger partial charge in [0.2, 0.25) is 0 Å². The molecule has 0 amide bonds. The van der Waals surface area contributed by atoms with Crippen molar-refractivity contribution in [1.82, 2.24) is 0 Å². The molecule has 8 heteroatoms. The lowest BCUT2D eigenvalue weighted by Crippen LogP contribution is -2.16. The largest absolute Gasteiger partial charge is 0.489 e. The van der Waals surface area contributed by atoms with Crippen molar-refractivity contribution in [2.75, 3.05) is 13.2 Å². The fraction of sp³-hybridized carbons (Fsp3) is 0.368. The fourth-order valence-electron chi connectivity index (χ4n) is 2.64. The summed E-state index contributed by atoms with van der Waals surface area (Å²) in [5.74, 6) is -0.721. The topological polar surface area (TPSA) is 105 Å². The van der Waals surface area contributed by atoms with Crippen LogP contribution >= 0.6 is 0 Å². The summed E-state index contributed by atoms with van der Waals surface area (Å²) in [6, 6.07) is 6.22. The number of carbonyl (C=O) groups excluding carboxylic acids is 2. The van der Waals surface area contributed by atoms with E-state index < -0.39 is 23.0 Å². The third-order valence-corrected chi connectivity index (χ3v) is 3.79. The molecule has 0 aliphatic carbocycles. The van der Waals surface area contributed by atoms with E-state index in [1.807, 2.05) is 0 Å². The first kappa shape index (κ1) is 20.2. The van der Waals surface area contributed by atoms with Crippen LogP contribution in [0.5, 0.6) is 0 Å². The summed E-state index contributed by atoms with van der Waals surface area (Å²) in [5.41, 5.74) is 0.602. The number of ether oxygens (including phenoxy) is 3. The van der Waals surface area contributed by atoms with E-state index in [2.05, 4.69) is 0 Å². The predicted molar refractivity (Wildman–Crippen MR) is 96.5 cm³/mol. The van der Waals surface area contributed by atoms with Gasteiger partial charge in [-0.3, -0.25) is 14.9 Å².